The smallest absolute Gasteiger partial charge is 0.281 e. The minimum absolute atomic E-state index is 0.274. The number of rotatable bonds is 7. The molecular formula is C24H22ClN3O3S. The molecule has 1 amide bonds. The molecule has 0 radical (unpaired) electrons. The number of hydrogen-bond acceptors (Lipinski definition) is 5. The van der Waals surface area contributed by atoms with Gasteiger partial charge in [0.2, 0.25) is 0 Å². The van der Waals surface area contributed by atoms with Crippen LogP contribution in [0.15, 0.2) is 59.4 Å². The van der Waals surface area contributed by atoms with Gasteiger partial charge >= 0.3 is 0 Å². The molecule has 4 rings (SSSR count). The first-order valence-corrected chi connectivity index (χ1v) is 11.5. The SMILES string of the molecule is CCCc1cc2c(=O)n(NC(=O)c3ccc(COc4ccccc4Cl)cc3)c(C)nc2s1. The zero-order valence-electron chi connectivity index (χ0n) is 17.7. The van der Waals surface area contributed by atoms with Crippen molar-refractivity contribution in [2.45, 2.75) is 33.3 Å². The van der Waals surface area contributed by atoms with Crippen molar-refractivity contribution in [2.24, 2.45) is 0 Å². The van der Waals surface area contributed by atoms with E-state index in [0.717, 1.165) is 23.3 Å². The largest absolute Gasteiger partial charge is 0.487 e. The molecule has 4 aromatic rings. The molecule has 0 saturated carbocycles. The molecule has 0 saturated heterocycles. The number of aryl methyl sites for hydroxylation is 2. The minimum Gasteiger partial charge on any atom is -0.487 e. The topological polar surface area (TPSA) is 73.2 Å². The Hall–Kier alpha value is -3.16. The number of ether oxygens (including phenoxy) is 1. The number of thiophene rings is 1. The Labute approximate surface area is 194 Å². The number of hydrogen-bond donors (Lipinski definition) is 1. The lowest BCUT2D eigenvalue weighted by molar-refractivity contribution is 0.101. The van der Waals surface area contributed by atoms with Gasteiger partial charge in [-0.25, -0.2) is 9.66 Å². The molecule has 164 valence electrons. The van der Waals surface area contributed by atoms with Gasteiger partial charge in [0.25, 0.3) is 11.5 Å². The van der Waals surface area contributed by atoms with Crippen molar-refractivity contribution in [3.05, 3.63) is 91.8 Å². The van der Waals surface area contributed by atoms with E-state index in [-0.39, 0.29) is 11.5 Å². The Bertz CT molecular complexity index is 1330. The van der Waals surface area contributed by atoms with Gasteiger partial charge in [0, 0.05) is 10.4 Å². The number of halogens is 1. The van der Waals surface area contributed by atoms with E-state index in [1.807, 2.05) is 18.2 Å². The summed E-state index contributed by atoms with van der Waals surface area (Å²) in [6.07, 6.45) is 1.90. The molecule has 32 heavy (non-hydrogen) atoms. The summed E-state index contributed by atoms with van der Waals surface area (Å²) in [6, 6.07) is 16.1. The molecule has 0 bridgehead atoms. The molecule has 0 aliphatic heterocycles. The predicted octanol–water partition coefficient (Wildman–Crippen LogP) is 5.34. The van der Waals surface area contributed by atoms with Crippen molar-refractivity contribution in [1.29, 1.82) is 0 Å². The fourth-order valence-corrected chi connectivity index (χ4v) is 4.63. The standard InChI is InChI=1S/C24H22ClN3O3S/c1-3-6-18-13-19-23(32-18)26-15(2)28(24(19)30)27-22(29)17-11-9-16(10-12-17)14-31-21-8-5-4-7-20(21)25/h4-5,7-13H,3,6,14H2,1-2H3,(H,27,29). The van der Waals surface area contributed by atoms with Crippen LogP contribution in [0.5, 0.6) is 5.75 Å². The molecule has 6 nitrogen and oxygen atoms in total. The third-order valence-corrected chi connectivity index (χ3v) is 6.34. The lowest BCUT2D eigenvalue weighted by Gasteiger charge is -2.11. The maximum Gasteiger partial charge on any atom is 0.281 e. The van der Waals surface area contributed by atoms with Crippen LogP contribution in [-0.2, 0) is 13.0 Å². The average molecular weight is 468 g/mol. The third-order valence-electron chi connectivity index (χ3n) is 4.94. The molecule has 0 unspecified atom stereocenters. The maximum atomic E-state index is 12.9. The Morgan fingerprint density at radius 2 is 1.94 bits per heavy atom. The normalized spacial score (nSPS) is 11.0. The fourth-order valence-electron chi connectivity index (χ4n) is 3.27. The number of fused-ring (bicyclic) bond motifs is 1. The summed E-state index contributed by atoms with van der Waals surface area (Å²) in [5.41, 5.74) is 3.71. The summed E-state index contributed by atoms with van der Waals surface area (Å²) >= 11 is 7.63. The van der Waals surface area contributed by atoms with Crippen LogP contribution in [0.1, 0.15) is 40.0 Å². The zero-order valence-corrected chi connectivity index (χ0v) is 19.3. The molecule has 0 spiro atoms. The number of benzene rings is 2. The van der Waals surface area contributed by atoms with E-state index in [1.165, 1.54) is 16.0 Å². The molecule has 8 heteroatoms. The third kappa shape index (κ3) is 4.69. The molecular weight excluding hydrogens is 446 g/mol. The van der Waals surface area contributed by atoms with Gasteiger partial charge in [-0.05, 0) is 49.2 Å². The molecule has 2 heterocycles. The van der Waals surface area contributed by atoms with Crippen LogP contribution >= 0.6 is 22.9 Å². The van der Waals surface area contributed by atoms with Crippen LogP contribution in [0.3, 0.4) is 0 Å². The summed E-state index contributed by atoms with van der Waals surface area (Å²) in [4.78, 5) is 32.0. The van der Waals surface area contributed by atoms with E-state index >= 15 is 0 Å². The highest BCUT2D eigenvalue weighted by Gasteiger charge is 2.15. The van der Waals surface area contributed by atoms with Crippen LogP contribution in [0.4, 0.5) is 0 Å². The van der Waals surface area contributed by atoms with Gasteiger partial charge in [0.15, 0.2) is 0 Å². The fraction of sp³-hybridized carbons (Fsp3) is 0.208. The maximum absolute atomic E-state index is 12.9. The molecule has 0 aliphatic carbocycles. The van der Waals surface area contributed by atoms with E-state index in [0.29, 0.717) is 39.0 Å². The van der Waals surface area contributed by atoms with E-state index in [1.54, 1.807) is 43.3 Å². The summed E-state index contributed by atoms with van der Waals surface area (Å²) in [7, 11) is 0. The number of carbonyl (C=O) groups excluding carboxylic acids is 1. The van der Waals surface area contributed by atoms with Crippen molar-refractivity contribution >= 4 is 39.1 Å². The van der Waals surface area contributed by atoms with Crippen molar-refractivity contribution in [3.63, 3.8) is 0 Å². The number of para-hydroxylation sites is 1. The number of nitrogens with zero attached hydrogens (tertiary/aromatic N) is 2. The Morgan fingerprint density at radius 3 is 2.66 bits per heavy atom. The van der Waals surface area contributed by atoms with Gasteiger partial charge in [0.1, 0.15) is 23.0 Å². The first kappa shape index (κ1) is 22.0. The van der Waals surface area contributed by atoms with Crippen molar-refractivity contribution in [1.82, 2.24) is 9.66 Å². The van der Waals surface area contributed by atoms with Crippen LogP contribution in [0.2, 0.25) is 5.02 Å². The highest BCUT2D eigenvalue weighted by molar-refractivity contribution is 7.18. The van der Waals surface area contributed by atoms with Crippen molar-refractivity contribution < 1.29 is 9.53 Å². The molecule has 0 atom stereocenters. The monoisotopic (exact) mass is 467 g/mol. The van der Waals surface area contributed by atoms with Gasteiger partial charge < -0.3 is 4.74 Å². The number of amides is 1. The minimum atomic E-state index is -0.390. The second-order valence-electron chi connectivity index (χ2n) is 7.34. The van der Waals surface area contributed by atoms with Crippen molar-refractivity contribution in [2.75, 3.05) is 5.43 Å². The predicted molar refractivity (Wildman–Crippen MR) is 129 cm³/mol. The number of nitrogens with one attached hydrogen (secondary N) is 1. The Balaban J connectivity index is 1.48. The molecule has 0 fully saturated rings. The molecule has 2 aromatic carbocycles. The lowest BCUT2D eigenvalue weighted by Crippen LogP contribution is -2.35. The quantitative estimate of drug-likeness (QED) is 0.398. The summed E-state index contributed by atoms with van der Waals surface area (Å²) in [5.74, 6) is 0.647. The Morgan fingerprint density at radius 1 is 1.19 bits per heavy atom. The van der Waals surface area contributed by atoms with E-state index in [4.69, 9.17) is 16.3 Å². The Kier molecular flexibility index (Phi) is 6.58. The number of carbonyl (C=O) groups is 1. The van der Waals surface area contributed by atoms with E-state index in [2.05, 4.69) is 17.3 Å². The van der Waals surface area contributed by atoms with Crippen LogP contribution in [0.25, 0.3) is 10.2 Å². The van der Waals surface area contributed by atoms with Gasteiger partial charge in [0.05, 0.1) is 10.4 Å². The average Bonchev–Trinajstić information content (AvgIpc) is 3.19. The van der Waals surface area contributed by atoms with Crippen LogP contribution in [-0.4, -0.2) is 15.6 Å². The van der Waals surface area contributed by atoms with Crippen LogP contribution < -0.4 is 15.7 Å². The van der Waals surface area contributed by atoms with Gasteiger partial charge in [-0.2, -0.15) is 0 Å². The summed E-state index contributed by atoms with van der Waals surface area (Å²) in [6.45, 7) is 4.12. The van der Waals surface area contributed by atoms with Crippen molar-refractivity contribution in [3.8, 4) is 5.75 Å². The summed E-state index contributed by atoms with van der Waals surface area (Å²) in [5, 5.41) is 1.07. The first-order valence-electron chi connectivity index (χ1n) is 10.3. The number of aromatic nitrogens is 2. The molecule has 1 N–H and O–H groups in total. The van der Waals surface area contributed by atoms with E-state index < -0.39 is 0 Å². The zero-order chi connectivity index (χ0) is 22.7. The van der Waals surface area contributed by atoms with E-state index in [9.17, 15) is 9.59 Å². The molecule has 2 aromatic heterocycles. The highest BCUT2D eigenvalue weighted by Crippen LogP contribution is 2.24. The van der Waals surface area contributed by atoms with Gasteiger partial charge in [-0.1, -0.05) is 49.2 Å². The van der Waals surface area contributed by atoms with Crippen LogP contribution in [0, 0.1) is 6.92 Å². The second kappa shape index (κ2) is 9.54. The van der Waals surface area contributed by atoms with Gasteiger partial charge in [-0.15, -0.1) is 11.3 Å². The highest BCUT2D eigenvalue weighted by atomic mass is 35.5. The second-order valence-corrected chi connectivity index (χ2v) is 8.86. The first-order chi connectivity index (χ1) is 15.5. The van der Waals surface area contributed by atoms with Gasteiger partial charge in [-0.3, -0.25) is 15.0 Å². The summed E-state index contributed by atoms with van der Waals surface area (Å²) < 4.78 is 6.94. The molecule has 0 aliphatic rings. The lowest BCUT2D eigenvalue weighted by atomic mass is 10.1.